The molecule has 1 heterocycles. The van der Waals surface area contributed by atoms with Gasteiger partial charge >= 0.3 is 0 Å². The largest absolute Gasteiger partial charge is 0.399 e. The van der Waals surface area contributed by atoms with Crippen LogP contribution in [0.4, 0.5) is 10.1 Å². The quantitative estimate of drug-likeness (QED) is 0.741. The molecule has 3 heteroatoms. The molecule has 2 nitrogen and oxygen atoms in total. The lowest BCUT2D eigenvalue weighted by atomic mass is 9.66. The van der Waals surface area contributed by atoms with E-state index in [9.17, 15) is 4.39 Å². The van der Waals surface area contributed by atoms with Crippen molar-refractivity contribution in [1.82, 2.24) is 4.98 Å². The molecule has 128 valence electrons. The van der Waals surface area contributed by atoms with Crippen molar-refractivity contribution in [3.8, 4) is 11.1 Å². The van der Waals surface area contributed by atoms with E-state index in [1.807, 2.05) is 12.1 Å². The maximum absolute atomic E-state index is 13.7. The van der Waals surface area contributed by atoms with Gasteiger partial charge in [0.25, 0.3) is 0 Å². The first-order valence-electron chi connectivity index (χ1n) is 8.96. The Bertz CT molecular complexity index is 711. The molecule has 0 bridgehead atoms. The van der Waals surface area contributed by atoms with Crippen molar-refractivity contribution in [2.45, 2.75) is 46.0 Å². The van der Waals surface area contributed by atoms with Crippen molar-refractivity contribution < 1.29 is 4.39 Å². The minimum Gasteiger partial charge on any atom is -0.399 e. The summed E-state index contributed by atoms with van der Waals surface area (Å²) in [6.07, 6.45) is 6.72. The minimum atomic E-state index is -0.307. The molecule has 2 aromatic rings. The van der Waals surface area contributed by atoms with Crippen LogP contribution in [0.25, 0.3) is 11.1 Å². The van der Waals surface area contributed by atoms with Crippen LogP contribution in [0.3, 0.4) is 0 Å². The molecule has 1 aromatic carbocycles. The molecule has 0 aliphatic heterocycles. The number of anilines is 1. The molecule has 0 amide bonds. The molecular formula is C21H27FN2. The Kier molecular flexibility index (Phi) is 4.88. The van der Waals surface area contributed by atoms with Crippen LogP contribution in [0.2, 0.25) is 0 Å². The second-order valence-corrected chi connectivity index (χ2v) is 7.67. The van der Waals surface area contributed by atoms with Crippen molar-refractivity contribution in [2.75, 3.05) is 5.73 Å². The highest BCUT2D eigenvalue weighted by Gasteiger charge is 2.33. The van der Waals surface area contributed by atoms with E-state index in [0.29, 0.717) is 23.4 Å². The number of halogens is 1. The highest BCUT2D eigenvalue weighted by atomic mass is 19.1. The second-order valence-electron chi connectivity index (χ2n) is 7.67. The van der Waals surface area contributed by atoms with E-state index in [-0.39, 0.29) is 5.82 Å². The SMILES string of the molecule is CC1CCC(C(C)C)C(c2ccc(N)cc2-c2cncc(F)c2)C1. The monoisotopic (exact) mass is 326 g/mol. The number of benzene rings is 1. The molecule has 1 fully saturated rings. The summed E-state index contributed by atoms with van der Waals surface area (Å²) in [6.45, 7) is 6.97. The summed E-state index contributed by atoms with van der Waals surface area (Å²) in [5.74, 6) is 2.20. The van der Waals surface area contributed by atoms with Gasteiger partial charge in [0.15, 0.2) is 0 Å². The smallest absolute Gasteiger partial charge is 0.142 e. The van der Waals surface area contributed by atoms with Crippen LogP contribution in [0.5, 0.6) is 0 Å². The van der Waals surface area contributed by atoms with Crippen LogP contribution in [0.1, 0.15) is 51.5 Å². The van der Waals surface area contributed by atoms with Crippen LogP contribution in [0.15, 0.2) is 36.7 Å². The number of aromatic nitrogens is 1. The van der Waals surface area contributed by atoms with Gasteiger partial charge in [-0.15, -0.1) is 0 Å². The van der Waals surface area contributed by atoms with Crippen LogP contribution in [-0.4, -0.2) is 4.98 Å². The van der Waals surface area contributed by atoms with Gasteiger partial charge in [0.1, 0.15) is 5.82 Å². The third-order valence-corrected chi connectivity index (χ3v) is 5.51. The Morgan fingerprint density at radius 1 is 1.17 bits per heavy atom. The first-order chi connectivity index (χ1) is 11.5. The van der Waals surface area contributed by atoms with Crippen LogP contribution < -0.4 is 5.73 Å². The van der Waals surface area contributed by atoms with Gasteiger partial charge in [-0.2, -0.15) is 0 Å². The van der Waals surface area contributed by atoms with Crippen molar-refractivity contribution in [1.29, 1.82) is 0 Å². The summed E-state index contributed by atoms with van der Waals surface area (Å²) >= 11 is 0. The number of nitrogens with zero attached hydrogens (tertiary/aromatic N) is 1. The fourth-order valence-corrected chi connectivity index (χ4v) is 4.27. The maximum atomic E-state index is 13.7. The Labute approximate surface area is 144 Å². The number of hydrogen-bond donors (Lipinski definition) is 1. The van der Waals surface area contributed by atoms with Crippen molar-refractivity contribution in [3.63, 3.8) is 0 Å². The minimum absolute atomic E-state index is 0.307. The summed E-state index contributed by atoms with van der Waals surface area (Å²) in [5, 5.41) is 0. The Morgan fingerprint density at radius 2 is 1.96 bits per heavy atom. The third kappa shape index (κ3) is 3.45. The fourth-order valence-electron chi connectivity index (χ4n) is 4.27. The van der Waals surface area contributed by atoms with Crippen molar-refractivity contribution in [2.24, 2.45) is 17.8 Å². The molecule has 2 N–H and O–H groups in total. The average Bonchev–Trinajstić information content (AvgIpc) is 2.54. The lowest BCUT2D eigenvalue weighted by Gasteiger charge is -2.38. The van der Waals surface area contributed by atoms with E-state index in [1.165, 1.54) is 31.0 Å². The lowest BCUT2D eigenvalue weighted by Crippen LogP contribution is -2.26. The average molecular weight is 326 g/mol. The number of rotatable bonds is 3. The third-order valence-electron chi connectivity index (χ3n) is 5.51. The van der Waals surface area contributed by atoms with Gasteiger partial charge in [-0.1, -0.05) is 33.3 Å². The highest BCUT2D eigenvalue weighted by Crippen LogP contribution is 2.46. The van der Waals surface area contributed by atoms with Gasteiger partial charge in [-0.3, -0.25) is 4.98 Å². The maximum Gasteiger partial charge on any atom is 0.142 e. The number of pyridine rings is 1. The molecule has 1 saturated carbocycles. The van der Waals surface area contributed by atoms with Gasteiger partial charge in [0.2, 0.25) is 0 Å². The molecule has 0 radical (unpaired) electrons. The van der Waals surface area contributed by atoms with E-state index in [4.69, 9.17) is 5.73 Å². The van der Waals surface area contributed by atoms with Crippen molar-refractivity contribution in [3.05, 3.63) is 48.0 Å². The summed E-state index contributed by atoms with van der Waals surface area (Å²) < 4.78 is 13.7. The zero-order valence-electron chi connectivity index (χ0n) is 14.8. The lowest BCUT2D eigenvalue weighted by molar-refractivity contribution is 0.197. The summed E-state index contributed by atoms with van der Waals surface area (Å²) in [6, 6.07) is 7.65. The van der Waals surface area contributed by atoms with Gasteiger partial charge in [0, 0.05) is 17.4 Å². The van der Waals surface area contributed by atoms with Crippen LogP contribution in [0, 0.1) is 23.6 Å². The number of hydrogen-bond acceptors (Lipinski definition) is 2. The Morgan fingerprint density at radius 3 is 2.67 bits per heavy atom. The van der Waals surface area contributed by atoms with Crippen molar-refractivity contribution >= 4 is 5.69 Å². The summed E-state index contributed by atoms with van der Waals surface area (Å²) in [7, 11) is 0. The fraction of sp³-hybridized carbons (Fsp3) is 0.476. The van der Waals surface area contributed by atoms with Gasteiger partial charge in [-0.25, -0.2) is 4.39 Å². The number of nitrogen functional groups attached to an aromatic ring is 1. The van der Waals surface area contributed by atoms with Gasteiger partial charge in [0.05, 0.1) is 6.20 Å². The Balaban J connectivity index is 2.09. The molecule has 1 aliphatic rings. The Hall–Kier alpha value is -1.90. The molecule has 3 rings (SSSR count). The zero-order chi connectivity index (χ0) is 17.3. The normalized spacial score (nSPS) is 24.3. The second kappa shape index (κ2) is 6.92. The van der Waals surface area contributed by atoms with Gasteiger partial charge in [-0.05, 0) is 65.8 Å². The van der Waals surface area contributed by atoms with Gasteiger partial charge < -0.3 is 5.73 Å². The first-order valence-corrected chi connectivity index (χ1v) is 8.96. The first kappa shape index (κ1) is 16.9. The highest BCUT2D eigenvalue weighted by molar-refractivity contribution is 5.71. The molecular weight excluding hydrogens is 299 g/mol. The van der Waals surface area contributed by atoms with E-state index in [0.717, 1.165) is 17.0 Å². The van der Waals surface area contributed by atoms with E-state index in [2.05, 4.69) is 31.8 Å². The topological polar surface area (TPSA) is 38.9 Å². The van der Waals surface area contributed by atoms with E-state index in [1.54, 1.807) is 12.3 Å². The molecule has 0 spiro atoms. The molecule has 1 aliphatic carbocycles. The molecule has 3 atom stereocenters. The van der Waals surface area contributed by atoms with E-state index < -0.39 is 0 Å². The van der Waals surface area contributed by atoms with E-state index >= 15 is 0 Å². The van der Waals surface area contributed by atoms with Crippen LogP contribution in [-0.2, 0) is 0 Å². The number of nitrogens with two attached hydrogens (primary N) is 1. The molecule has 3 unspecified atom stereocenters. The predicted molar refractivity (Wildman–Crippen MR) is 98.1 cm³/mol. The van der Waals surface area contributed by atoms with Crippen LogP contribution >= 0.6 is 0 Å². The molecule has 1 aromatic heterocycles. The molecule has 0 saturated heterocycles. The molecule has 24 heavy (non-hydrogen) atoms. The summed E-state index contributed by atoms with van der Waals surface area (Å²) in [5.41, 5.74) is 9.90. The predicted octanol–water partition coefficient (Wildman–Crippen LogP) is 5.65. The zero-order valence-corrected chi connectivity index (χ0v) is 14.8. The summed E-state index contributed by atoms with van der Waals surface area (Å²) in [4.78, 5) is 4.03. The standard InChI is InChI=1S/C21H27FN2/c1-13(2)18-6-4-14(3)8-21(18)19-7-5-17(23)10-20(19)15-9-16(22)12-24-11-15/h5,7,9-14,18,21H,4,6,8,23H2,1-3H3.